The van der Waals surface area contributed by atoms with Gasteiger partial charge in [-0.05, 0) is 0 Å². The smallest absolute Gasteiger partial charge is 0.565 e. The van der Waals surface area contributed by atoms with Crippen LogP contribution in [0.3, 0.4) is 0 Å². The van der Waals surface area contributed by atoms with Crippen LogP contribution in [0.1, 0.15) is 0 Å². The summed E-state index contributed by atoms with van der Waals surface area (Å²) >= 11 is 0. The normalized spacial score (nSPS) is 5.71. The molecule has 0 radical (unpaired) electrons. The second-order valence-electron chi connectivity index (χ2n) is 1.33. The molecule has 15 nitrogen and oxygen atoms in total. The maximum atomic E-state index is 8.44. The molecule has 0 heterocycles. The minimum absolute atomic E-state index is 0. The first kappa shape index (κ1) is 36.1. The molecule has 0 aromatic heterocycles. The number of hydrogen-bond acceptors (Lipinski definition) is 10. The van der Waals surface area contributed by atoms with E-state index >= 15 is 0 Å². The van der Waals surface area contributed by atoms with Crippen LogP contribution >= 0.6 is 0 Å². The fourth-order valence-electron chi connectivity index (χ4n) is 0. The Morgan fingerprint density at radius 3 is 0.429 bits per heavy atom. The number of rotatable bonds is 0. The molecule has 16 heteroatoms. The number of hydrogen-bond donors (Lipinski definition) is 5. The average molecular weight is 356 g/mol. The third-order valence-electron chi connectivity index (χ3n) is 0. The van der Waals surface area contributed by atoms with Gasteiger partial charge in [0, 0.05) is 0 Å². The van der Waals surface area contributed by atoms with Crippen molar-refractivity contribution in [1.29, 1.82) is 0 Å². The zero-order chi connectivity index (χ0) is 17.9. The predicted molar refractivity (Wildman–Crippen MR) is 40.1 cm³/mol. The van der Waals surface area contributed by atoms with E-state index in [2.05, 4.69) is 0 Å². The van der Waals surface area contributed by atoms with E-state index in [4.69, 9.17) is 75.0 Å². The quantitative estimate of drug-likeness (QED) is 0.270. The van der Waals surface area contributed by atoms with Crippen LogP contribution in [0.5, 0.6) is 0 Å². The molecular weight excluding hydrogens is 351 g/mol. The van der Waals surface area contributed by atoms with E-state index < -0.39 is 30.8 Å². The van der Waals surface area contributed by atoms with Crippen LogP contribution in [0.15, 0.2) is 0 Å². The van der Waals surface area contributed by atoms with Gasteiger partial charge in [-0.3, -0.25) is 0 Å². The van der Waals surface area contributed by atoms with Crippen LogP contribution in [-0.2, 0) is 18.6 Å². The van der Waals surface area contributed by atoms with E-state index in [0.29, 0.717) is 0 Å². The fourth-order valence-corrected chi connectivity index (χ4v) is 0. The Kier molecular flexibility index (Phi) is 51.9. The van der Waals surface area contributed by atoms with Crippen molar-refractivity contribution in [3.8, 4) is 0 Å². The second-order valence-corrected chi connectivity index (χ2v) is 1.33. The second kappa shape index (κ2) is 30.2. The van der Waals surface area contributed by atoms with Gasteiger partial charge in [0.15, 0.2) is 0 Å². The summed E-state index contributed by atoms with van der Waals surface area (Å²) in [6, 6.07) is 0. The molecule has 0 bridgehead atoms. The molecule has 0 atom stereocenters. The predicted octanol–water partition coefficient (Wildman–Crippen LogP) is -5.56. The first-order valence-corrected chi connectivity index (χ1v) is 3.16. The van der Waals surface area contributed by atoms with Gasteiger partial charge in [0.25, 0.3) is 0 Å². The Bertz CT molecular complexity index is 207. The first-order chi connectivity index (χ1) is 8.66. The molecule has 0 aromatic rings. The Hall–Kier alpha value is -3.07. The van der Waals surface area contributed by atoms with Crippen molar-refractivity contribution in [1.82, 2.24) is 0 Å². The number of carboxylic acid groups (broad SMARTS) is 10. The minimum Gasteiger partial charge on any atom is -0.565 e. The zero-order valence-electron chi connectivity index (χ0n) is 9.27. The van der Waals surface area contributed by atoms with Crippen LogP contribution in [0.2, 0.25) is 0 Å². The van der Waals surface area contributed by atoms with Crippen molar-refractivity contribution in [2.45, 2.75) is 0 Å². The Labute approximate surface area is 125 Å². The first-order valence-electron chi connectivity index (χ1n) is 3.16. The van der Waals surface area contributed by atoms with Gasteiger partial charge < -0.3 is 75.0 Å². The van der Waals surface area contributed by atoms with Crippen LogP contribution in [0.4, 0.5) is 24.0 Å². The zero-order valence-corrected chi connectivity index (χ0v) is 10.7. The van der Waals surface area contributed by atoms with Crippen molar-refractivity contribution >= 4 is 30.8 Å². The summed E-state index contributed by atoms with van der Waals surface area (Å²) in [4.78, 5) is 42.2. The summed E-state index contributed by atoms with van der Waals surface area (Å²) in [7, 11) is 0. The summed E-state index contributed by atoms with van der Waals surface area (Å²) in [6.45, 7) is 0. The van der Waals surface area contributed by atoms with Crippen LogP contribution in [0.25, 0.3) is 0 Å². The molecule has 0 spiro atoms. The van der Waals surface area contributed by atoms with Crippen LogP contribution in [0, 0.1) is 0 Å². The van der Waals surface area contributed by atoms with Gasteiger partial charge in [0.05, 0.1) is 0 Å². The Balaban J connectivity index is -0.0000000331. The molecular formula is C5H5O15V. The Morgan fingerprint density at radius 2 is 0.429 bits per heavy atom. The average Bonchev–Trinajstić information content (AvgIpc) is 1.94. The standard InChI is InChI=1S/5CH2O3.V/c5*2-1(3)4;/h5*(H2,2,3,4);/q;;;;;+5/p-5. The van der Waals surface area contributed by atoms with E-state index in [1.807, 2.05) is 0 Å². The molecule has 0 saturated carbocycles. The van der Waals surface area contributed by atoms with Gasteiger partial charge in [-0.1, -0.05) is 0 Å². The third-order valence-corrected chi connectivity index (χ3v) is 0. The third kappa shape index (κ3) is 402. The molecule has 0 aromatic carbocycles. The van der Waals surface area contributed by atoms with E-state index in [1.54, 1.807) is 0 Å². The van der Waals surface area contributed by atoms with Gasteiger partial charge in [-0.15, -0.1) is 0 Å². The van der Waals surface area contributed by atoms with Crippen LogP contribution in [-0.4, -0.2) is 56.3 Å². The van der Waals surface area contributed by atoms with Crippen molar-refractivity contribution in [3.63, 3.8) is 0 Å². The Morgan fingerprint density at radius 1 is 0.429 bits per heavy atom. The van der Waals surface area contributed by atoms with E-state index in [0.717, 1.165) is 0 Å². The SMILES string of the molecule is O=C([O-])O.O=C([O-])O.O=C([O-])O.O=C([O-])O.O=C([O-])O.[V+5]. The molecule has 0 rings (SSSR count). The van der Waals surface area contributed by atoms with Gasteiger partial charge in [0.2, 0.25) is 30.8 Å². The van der Waals surface area contributed by atoms with E-state index in [1.165, 1.54) is 0 Å². The largest absolute Gasteiger partial charge is 5.00 e. The van der Waals surface area contributed by atoms with Gasteiger partial charge in [-0.25, -0.2) is 0 Å². The molecule has 0 unspecified atom stereocenters. The molecule has 120 valence electrons. The van der Waals surface area contributed by atoms with Crippen LogP contribution < -0.4 is 25.5 Å². The summed E-state index contributed by atoms with van der Waals surface area (Å²) in [5, 5.41) is 76.5. The molecule has 0 amide bonds. The maximum absolute atomic E-state index is 8.44. The molecule has 5 N–H and O–H groups in total. The summed E-state index contributed by atoms with van der Waals surface area (Å²) in [5.41, 5.74) is 0. The summed E-state index contributed by atoms with van der Waals surface area (Å²) < 4.78 is 0. The molecule has 0 saturated heterocycles. The van der Waals surface area contributed by atoms with Crippen molar-refractivity contribution in [2.24, 2.45) is 0 Å². The van der Waals surface area contributed by atoms with E-state index in [-0.39, 0.29) is 18.6 Å². The summed E-state index contributed by atoms with van der Waals surface area (Å²) in [5.74, 6) is 0. The molecule has 0 aliphatic rings. The summed E-state index contributed by atoms with van der Waals surface area (Å²) in [6.07, 6.45) is -10.4. The van der Waals surface area contributed by atoms with Crippen molar-refractivity contribution in [3.05, 3.63) is 0 Å². The van der Waals surface area contributed by atoms with Gasteiger partial charge >= 0.3 is 18.6 Å². The van der Waals surface area contributed by atoms with Gasteiger partial charge in [-0.2, -0.15) is 0 Å². The van der Waals surface area contributed by atoms with Crippen molar-refractivity contribution < 1.29 is 93.6 Å². The maximum Gasteiger partial charge on any atom is 5.00 e. The minimum atomic E-state index is -2.08. The molecule has 0 aliphatic carbocycles. The van der Waals surface area contributed by atoms with Crippen molar-refractivity contribution in [2.75, 3.05) is 0 Å². The fraction of sp³-hybridized carbons (Fsp3) is 0. The monoisotopic (exact) mass is 356 g/mol. The molecule has 0 aliphatic heterocycles. The topological polar surface area (TPSA) is 302 Å². The number of carbonyl (C=O) groups is 5. The van der Waals surface area contributed by atoms with Gasteiger partial charge in [0.1, 0.15) is 0 Å². The molecule has 21 heavy (non-hydrogen) atoms. The molecule has 0 fully saturated rings. The van der Waals surface area contributed by atoms with E-state index in [9.17, 15) is 0 Å².